The quantitative estimate of drug-likeness (QED) is 0.923. The van der Waals surface area contributed by atoms with E-state index in [4.69, 9.17) is 11.6 Å². The summed E-state index contributed by atoms with van der Waals surface area (Å²) < 4.78 is 0. The Labute approximate surface area is 122 Å². The summed E-state index contributed by atoms with van der Waals surface area (Å²) in [6, 6.07) is 7.55. The van der Waals surface area contributed by atoms with Crippen LogP contribution in [0.5, 0.6) is 0 Å². The maximum Gasteiger partial charge on any atom is 0.308 e. The zero-order valence-electron chi connectivity index (χ0n) is 11.1. The fraction of sp³-hybridized carbons (Fsp3) is 0.333. The molecule has 1 N–H and O–H groups in total. The lowest BCUT2D eigenvalue weighted by Gasteiger charge is -2.20. The number of aromatic nitrogens is 1. The van der Waals surface area contributed by atoms with E-state index in [2.05, 4.69) is 9.88 Å². The number of nitrogens with zero attached hydrogens (tertiary/aromatic N) is 2. The Kier molecular flexibility index (Phi) is 3.26. The molecule has 2 aromatic rings. The summed E-state index contributed by atoms with van der Waals surface area (Å²) in [6.07, 6.45) is 1.74. The van der Waals surface area contributed by atoms with Crippen LogP contribution in [0.15, 0.2) is 30.5 Å². The number of anilines is 1. The van der Waals surface area contributed by atoms with Crippen molar-refractivity contribution in [2.45, 2.75) is 6.92 Å². The second-order valence-corrected chi connectivity index (χ2v) is 5.75. The predicted octanol–water partition coefficient (Wildman–Crippen LogP) is 3.05. The molecule has 0 aliphatic carbocycles. The molecule has 20 heavy (non-hydrogen) atoms. The van der Waals surface area contributed by atoms with Crippen molar-refractivity contribution in [1.29, 1.82) is 0 Å². The van der Waals surface area contributed by atoms with Gasteiger partial charge in [-0.2, -0.15) is 0 Å². The molecule has 1 fully saturated rings. The topological polar surface area (TPSA) is 53.4 Å². The molecule has 0 spiro atoms. The van der Waals surface area contributed by atoms with Gasteiger partial charge in [0.25, 0.3) is 0 Å². The number of carboxylic acid groups (broad SMARTS) is 1. The third kappa shape index (κ3) is 2.20. The van der Waals surface area contributed by atoms with E-state index < -0.39 is 5.97 Å². The van der Waals surface area contributed by atoms with Crippen LogP contribution in [0.1, 0.15) is 6.92 Å². The van der Waals surface area contributed by atoms with Gasteiger partial charge in [0.2, 0.25) is 0 Å². The third-order valence-electron chi connectivity index (χ3n) is 3.95. The zero-order chi connectivity index (χ0) is 14.3. The van der Waals surface area contributed by atoms with Gasteiger partial charge in [-0.3, -0.25) is 9.78 Å². The van der Waals surface area contributed by atoms with Gasteiger partial charge in [-0.25, -0.2) is 0 Å². The van der Waals surface area contributed by atoms with E-state index in [-0.39, 0.29) is 11.8 Å². The van der Waals surface area contributed by atoms with Crippen LogP contribution in [0.4, 0.5) is 5.69 Å². The summed E-state index contributed by atoms with van der Waals surface area (Å²) in [4.78, 5) is 17.7. The number of hydrogen-bond donors (Lipinski definition) is 1. The predicted molar refractivity (Wildman–Crippen MR) is 79.3 cm³/mol. The van der Waals surface area contributed by atoms with Gasteiger partial charge >= 0.3 is 5.97 Å². The average Bonchev–Trinajstić information content (AvgIpc) is 2.79. The van der Waals surface area contributed by atoms with E-state index in [1.165, 1.54) is 0 Å². The van der Waals surface area contributed by atoms with Gasteiger partial charge in [0.05, 0.1) is 11.4 Å². The van der Waals surface area contributed by atoms with Crippen LogP contribution >= 0.6 is 11.6 Å². The van der Waals surface area contributed by atoms with Crippen molar-refractivity contribution in [3.8, 4) is 0 Å². The lowest BCUT2D eigenvalue weighted by atomic mass is 9.99. The van der Waals surface area contributed by atoms with Crippen molar-refractivity contribution in [2.75, 3.05) is 18.0 Å². The third-order valence-corrected chi connectivity index (χ3v) is 4.19. The lowest BCUT2D eigenvalue weighted by Crippen LogP contribution is -2.23. The van der Waals surface area contributed by atoms with E-state index >= 15 is 0 Å². The molecule has 5 heteroatoms. The number of carbonyl (C=O) groups is 1. The van der Waals surface area contributed by atoms with E-state index in [1.54, 1.807) is 6.20 Å². The minimum Gasteiger partial charge on any atom is -0.481 e. The van der Waals surface area contributed by atoms with Crippen LogP contribution in [-0.4, -0.2) is 29.1 Å². The Balaban J connectivity index is 2.01. The molecule has 0 bridgehead atoms. The van der Waals surface area contributed by atoms with Crippen LogP contribution in [-0.2, 0) is 4.79 Å². The summed E-state index contributed by atoms with van der Waals surface area (Å²) in [5.41, 5.74) is 1.86. The average molecular weight is 291 g/mol. The molecular formula is C15H15ClN2O2. The van der Waals surface area contributed by atoms with Crippen molar-refractivity contribution in [2.24, 2.45) is 11.8 Å². The highest BCUT2D eigenvalue weighted by molar-refractivity contribution is 6.31. The molecule has 1 aliphatic rings. The number of fused-ring (bicyclic) bond motifs is 1. The van der Waals surface area contributed by atoms with Crippen molar-refractivity contribution >= 4 is 34.2 Å². The number of rotatable bonds is 2. The smallest absolute Gasteiger partial charge is 0.308 e. The minimum absolute atomic E-state index is 0.142. The van der Waals surface area contributed by atoms with Gasteiger partial charge < -0.3 is 10.0 Å². The number of aliphatic carboxylic acids is 1. The molecule has 0 amide bonds. The molecule has 1 aromatic heterocycles. The first-order chi connectivity index (χ1) is 9.56. The molecule has 2 unspecified atom stereocenters. The Hall–Kier alpha value is -1.81. The highest BCUT2D eigenvalue weighted by Crippen LogP contribution is 2.33. The number of pyridine rings is 1. The van der Waals surface area contributed by atoms with E-state index in [0.717, 1.165) is 23.1 Å². The Morgan fingerprint density at radius 3 is 2.90 bits per heavy atom. The monoisotopic (exact) mass is 290 g/mol. The minimum atomic E-state index is -0.721. The van der Waals surface area contributed by atoms with Crippen LogP contribution < -0.4 is 4.90 Å². The zero-order valence-corrected chi connectivity index (χ0v) is 11.8. The van der Waals surface area contributed by atoms with Crippen molar-refractivity contribution in [1.82, 2.24) is 4.98 Å². The van der Waals surface area contributed by atoms with Gasteiger partial charge in [-0.1, -0.05) is 18.5 Å². The first-order valence-corrected chi connectivity index (χ1v) is 6.96. The lowest BCUT2D eigenvalue weighted by molar-refractivity contribution is -0.142. The molecular weight excluding hydrogens is 276 g/mol. The molecule has 1 aromatic carbocycles. The maximum absolute atomic E-state index is 11.2. The molecule has 4 nitrogen and oxygen atoms in total. The van der Waals surface area contributed by atoms with E-state index in [1.807, 2.05) is 31.2 Å². The number of hydrogen-bond acceptors (Lipinski definition) is 3. The van der Waals surface area contributed by atoms with Crippen LogP contribution in [0.25, 0.3) is 10.9 Å². The first kappa shape index (κ1) is 13.2. The van der Waals surface area contributed by atoms with Gasteiger partial charge in [0.15, 0.2) is 0 Å². The molecule has 104 valence electrons. The fourth-order valence-electron chi connectivity index (χ4n) is 2.87. The maximum atomic E-state index is 11.2. The van der Waals surface area contributed by atoms with E-state index in [0.29, 0.717) is 11.6 Å². The van der Waals surface area contributed by atoms with Crippen molar-refractivity contribution < 1.29 is 9.90 Å². The summed E-state index contributed by atoms with van der Waals surface area (Å²) in [5, 5.41) is 10.9. The highest BCUT2D eigenvalue weighted by atomic mass is 35.5. The standard InChI is InChI=1S/C15H15ClN2O2/c1-9-7-18(8-12(9)15(19)20)14-4-5-17-13-6-10(16)2-3-11(13)14/h2-6,9,12H,7-8H2,1H3,(H,19,20). The van der Waals surface area contributed by atoms with Gasteiger partial charge in [-0.05, 0) is 30.2 Å². The summed E-state index contributed by atoms with van der Waals surface area (Å²) in [5.74, 6) is -0.894. The van der Waals surface area contributed by atoms with Gasteiger partial charge in [0.1, 0.15) is 0 Å². The normalized spacial score (nSPS) is 22.4. The number of halogens is 1. The largest absolute Gasteiger partial charge is 0.481 e. The van der Waals surface area contributed by atoms with Crippen LogP contribution in [0.3, 0.4) is 0 Å². The molecule has 2 atom stereocenters. The first-order valence-electron chi connectivity index (χ1n) is 6.58. The molecule has 0 saturated carbocycles. The highest BCUT2D eigenvalue weighted by Gasteiger charge is 2.35. The van der Waals surface area contributed by atoms with Crippen molar-refractivity contribution in [3.63, 3.8) is 0 Å². The molecule has 2 heterocycles. The summed E-state index contributed by atoms with van der Waals surface area (Å²) in [7, 11) is 0. The Bertz CT molecular complexity index is 674. The SMILES string of the molecule is CC1CN(c2ccnc3cc(Cl)ccc23)CC1C(=O)O. The van der Waals surface area contributed by atoms with Crippen LogP contribution in [0.2, 0.25) is 5.02 Å². The molecule has 1 saturated heterocycles. The Morgan fingerprint density at radius 1 is 1.40 bits per heavy atom. The summed E-state index contributed by atoms with van der Waals surface area (Å²) in [6.45, 7) is 3.27. The molecule has 0 radical (unpaired) electrons. The van der Waals surface area contributed by atoms with Gasteiger partial charge in [-0.15, -0.1) is 0 Å². The van der Waals surface area contributed by atoms with Gasteiger partial charge in [0, 0.05) is 35.4 Å². The number of benzene rings is 1. The second-order valence-electron chi connectivity index (χ2n) is 5.32. The molecule has 1 aliphatic heterocycles. The summed E-state index contributed by atoms with van der Waals surface area (Å²) >= 11 is 5.99. The molecule has 3 rings (SSSR count). The fourth-order valence-corrected chi connectivity index (χ4v) is 3.03. The van der Waals surface area contributed by atoms with Crippen molar-refractivity contribution in [3.05, 3.63) is 35.5 Å². The number of carboxylic acids is 1. The Morgan fingerprint density at radius 2 is 2.20 bits per heavy atom. The van der Waals surface area contributed by atoms with Crippen LogP contribution in [0, 0.1) is 11.8 Å². The second kappa shape index (κ2) is 4.94. The van der Waals surface area contributed by atoms with E-state index in [9.17, 15) is 9.90 Å².